The zero-order valence-electron chi connectivity index (χ0n) is 19.0. The topological polar surface area (TPSA) is 92.4 Å². The Morgan fingerprint density at radius 2 is 1.74 bits per heavy atom. The molecule has 2 aromatic carbocycles. The van der Waals surface area contributed by atoms with Crippen LogP contribution in [0.25, 0.3) is 16.1 Å². The maximum atomic E-state index is 14.1. The highest BCUT2D eigenvalue weighted by Gasteiger charge is 2.19. The standard InChI is InChI=1S/C25H23FN6O2/c1-15(2)32-25(27)24(28-4)23(31-32)18-5-7-20(8-6-18)34-22-10-19(26)9-21(11-22)33-14-17-12-29-16(3)30-13-17/h5-13,15H,14,27H2,1-3H3. The highest BCUT2D eigenvalue weighted by molar-refractivity contribution is 5.83. The van der Waals surface area contributed by atoms with Crippen LogP contribution < -0.4 is 15.2 Å². The molecule has 0 bridgehead atoms. The zero-order chi connectivity index (χ0) is 24.2. The normalized spacial score (nSPS) is 10.8. The van der Waals surface area contributed by atoms with E-state index < -0.39 is 5.82 Å². The number of rotatable bonds is 7. The van der Waals surface area contributed by atoms with E-state index >= 15 is 0 Å². The molecule has 0 aliphatic heterocycles. The van der Waals surface area contributed by atoms with E-state index in [1.165, 1.54) is 12.1 Å². The summed E-state index contributed by atoms with van der Waals surface area (Å²) in [4.78, 5) is 11.8. The summed E-state index contributed by atoms with van der Waals surface area (Å²) in [6.45, 7) is 13.4. The predicted molar refractivity (Wildman–Crippen MR) is 126 cm³/mol. The van der Waals surface area contributed by atoms with Crippen LogP contribution in [0.4, 0.5) is 15.9 Å². The highest BCUT2D eigenvalue weighted by atomic mass is 19.1. The summed E-state index contributed by atoms with van der Waals surface area (Å²) in [6.07, 6.45) is 3.33. The minimum atomic E-state index is -0.485. The number of nitrogens with zero attached hydrogens (tertiary/aromatic N) is 5. The van der Waals surface area contributed by atoms with Gasteiger partial charge < -0.3 is 15.2 Å². The van der Waals surface area contributed by atoms with Crippen molar-refractivity contribution in [1.29, 1.82) is 0 Å². The molecule has 2 N–H and O–H groups in total. The largest absolute Gasteiger partial charge is 0.489 e. The fourth-order valence-corrected chi connectivity index (χ4v) is 3.29. The first-order valence-corrected chi connectivity index (χ1v) is 10.6. The second-order valence-corrected chi connectivity index (χ2v) is 7.91. The summed E-state index contributed by atoms with van der Waals surface area (Å²) in [5.41, 5.74) is 8.41. The summed E-state index contributed by atoms with van der Waals surface area (Å²) < 4.78 is 27.3. The average Bonchev–Trinajstić information content (AvgIpc) is 3.15. The predicted octanol–water partition coefficient (Wildman–Crippen LogP) is 5.87. The van der Waals surface area contributed by atoms with Gasteiger partial charge in [0.15, 0.2) is 0 Å². The molecule has 172 valence electrons. The molecule has 0 radical (unpaired) electrons. The molecule has 0 spiro atoms. The number of nitrogen functional groups attached to an aromatic ring is 1. The van der Waals surface area contributed by atoms with Crippen molar-refractivity contribution in [3.05, 3.63) is 83.5 Å². The molecule has 0 saturated carbocycles. The SMILES string of the molecule is [C-]#[N+]c1c(-c2ccc(Oc3cc(F)cc(OCc4cnc(C)nc4)c3)cc2)nn(C(C)C)c1N. The molecule has 8 nitrogen and oxygen atoms in total. The fourth-order valence-electron chi connectivity index (χ4n) is 3.29. The van der Waals surface area contributed by atoms with Gasteiger partial charge in [-0.2, -0.15) is 5.10 Å². The van der Waals surface area contributed by atoms with Crippen LogP contribution in [0, 0.1) is 19.3 Å². The first-order valence-electron chi connectivity index (χ1n) is 10.6. The van der Waals surface area contributed by atoms with Crippen LogP contribution in [0.1, 0.15) is 31.3 Å². The molecular weight excluding hydrogens is 435 g/mol. The van der Waals surface area contributed by atoms with E-state index in [1.807, 2.05) is 13.8 Å². The van der Waals surface area contributed by atoms with Crippen molar-refractivity contribution in [2.45, 2.75) is 33.4 Å². The van der Waals surface area contributed by atoms with Crippen LogP contribution in [0.2, 0.25) is 0 Å². The quantitative estimate of drug-likeness (QED) is 0.348. The summed E-state index contributed by atoms with van der Waals surface area (Å²) in [5.74, 6) is 1.62. The maximum absolute atomic E-state index is 14.1. The van der Waals surface area contributed by atoms with Gasteiger partial charge in [0.25, 0.3) is 5.69 Å². The molecule has 9 heteroatoms. The Morgan fingerprint density at radius 1 is 1.06 bits per heavy atom. The third kappa shape index (κ3) is 4.96. The first-order chi connectivity index (χ1) is 16.3. The third-order valence-corrected chi connectivity index (χ3v) is 4.97. The molecule has 4 aromatic rings. The lowest BCUT2D eigenvalue weighted by Crippen LogP contribution is -2.06. The summed E-state index contributed by atoms with van der Waals surface area (Å²) in [7, 11) is 0. The van der Waals surface area contributed by atoms with Gasteiger partial charge in [0.05, 0.1) is 6.57 Å². The lowest BCUT2D eigenvalue weighted by Gasteiger charge is -2.10. The highest BCUT2D eigenvalue weighted by Crippen LogP contribution is 2.37. The Kier molecular flexibility index (Phi) is 6.41. The van der Waals surface area contributed by atoms with Crippen LogP contribution in [0.15, 0.2) is 54.9 Å². The van der Waals surface area contributed by atoms with Crippen LogP contribution >= 0.6 is 0 Å². The van der Waals surface area contributed by atoms with Crippen molar-refractivity contribution in [2.75, 3.05) is 5.73 Å². The summed E-state index contributed by atoms with van der Waals surface area (Å²) in [6, 6.07) is 11.2. The summed E-state index contributed by atoms with van der Waals surface area (Å²) >= 11 is 0. The van der Waals surface area contributed by atoms with Crippen LogP contribution in [-0.4, -0.2) is 19.7 Å². The second-order valence-electron chi connectivity index (χ2n) is 7.91. The smallest absolute Gasteiger partial charge is 0.254 e. The number of ether oxygens (including phenoxy) is 2. The summed E-state index contributed by atoms with van der Waals surface area (Å²) in [5, 5.41) is 4.50. The minimum Gasteiger partial charge on any atom is -0.489 e. The second kappa shape index (κ2) is 9.58. The number of nitrogens with two attached hydrogens (primary N) is 1. The number of anilines is 1. The van der Waals surface area contributed by atoms with Gasteiger partial charge in [0.1, 0.15) is 47.0 Å². The maximum Gasteiger partial charge on any atom is 0.254 e. The monoisotopic (exact) mass is 458 g/mol. The third-order valence-electron chi connectivity index (χ3n) is 4.97. The van der Waals surface area contributed by atoms with Crippen LogP contribution in [0.5, 0.6) is 17.2 Å². The van der Waals surface area contributed by atoms with Crippen LogP contribution in [0.3, 0.4) is 0 Å². The van der Waals surface area contributed by atoms with Gasteiger partial charge in [-0.3, -0.25) is 4.68 Å². The van der Waals surface area contributed by atoms with Gasteiger partial charge in [-0.1, -0.05) is 12.1 Å². The number of halogens is 1. The Labute approximate surface area is 196 Å². The van der Waals surface area contributed by atoms with Crippen molar-refractivity contribution >= 4 is 11.5 Å². The van der Waals surface area contributed by atoms with Crippen molar-refractivity contribution in [1.82, 2.24) is 19.7 Å². The van der Waals surface area contributed by atoms with Crippen molar-refractivity contribution in [2.24, 2.45) is 0 Å². The number of aromatic nitrogens is 4. The van der Waals surface area contributed by atoms with E-state index in [4.69, 9.17) is 21.8 Å². The molecular formula is C25H23FN6O2. The number of hydrogen-bond donors (Lipinski definition) is 1. The molecule has 0 saturated heterocycles. The fraction of sp³-hybridized carbons (Fsp3) is 0.200. The van der Waals surface area contributed by atoms with Crippen molar-refractivity contribution < 1.29 is 13.9 Å². The van der Waals surface area contributed by atoms with Crippen LogP contribution in [-0.2, 0) is 6.61 Å². The van der Waals surface area contributed by atoms with Gasteiger partial charge in [0.2, 0.25) is 0 Å². The molecule has 2 aromatic heterocycles. The molecule has 0 atom stereocenters. The number of hydrogen-bond acceptors (Lipinski definition) is 6. The molecule has 2 heterocycles. The van der Waals surface area contributed by atoms with E-state index in [9.17, 15) is 4.39 Å². The zero-order valence-corrected chi connectivity index (χ0v) is 19.0. The molecule has 0 aliphatic rings. The Bertz CT molecular complexity index is 1340. The molecule has 4 rings (SSSR count). The van der Waals surface area contributed by atoms with Gasteiger partial charge in [-0.25, -0.2) is 19.2 Å². The molecule has 0 unspecified atom stereocenters. The lowest BCUT2D eigenvalue weighted by molar-refractivity contribution is 0.301. The van der Waals surface area contributed by atoms with Gasteiger partial charge in [-0.15, -0.1) is 0 Å². The Balaban J connectivity index is 1.50. The van der Waals surface area contributed by atoms with Crippen molar-refractivity contribution in [3.8, 4) is 28.5 Å². The first kappa shape index (κ1) is 22.7. The van der Waals surface area contributed by atoms with E-state index in [1.54, 1.807) is 54.3 Å². The van der Waals surface area contributed by atoms with Crippen molar-refractivity contribution in [3.63, 3.8) is 0 Å². The van der Waals surface area contributed by atoms with Gasteiger partial charge in [-0.05, 0) is 38.5 Å². The van der Waals surface area contributed by atoms with E-state index in [2.05, 4.69) is 19.9 Å². The number of aryl methyl sites for hydroxylation is 1. The lowest BCUT2D eigenvalue weighted by atomic mass is 10.1. The number of benzene rings is 2. The Morgan fingerprint density at radius 3 is 2.38 bits per heavy atom. The van der Waals surface area contributed by atoms with E-state index in [0.717, 1.165) is 11.1 Å². The van der Waals surface area contributed by atoms with Gasteiger partial charge >= 0.3 is 0 Å². The molecule has 0 fully saturated rings. The molecule has 0 aliphatic carbocycles. The minimum absolute atomic E-state index is 0.0276. The molecule has 34 heavy (non-hydrogen) atoms. The van der Waals surface area contributed by atoms with Gasteiger partial charge in [0, 0.05) is 42.2 Å². The Hall–Kier alpha value is -4.45. The van der Waals surface area contributed by atoms with E-state index in [-0.39, 0.29) is 18.4 Å². The molecule has 0 amide bonds. The van der Waals surface area contributed by atoms with E-state index in [0.29, 0.717) is 34.5 Å². The average molecular weight is 458 g/mol.